The van der Waals surface area contributed by atoms with Gasteiger partial charge in [-0.1, -0.05) is 56.3 Å². The summed E-state index contributed by atoms with van der Waals surface area (Å²) in [5.41, 5.74) is 13.2. The minimum Gasteiger partial charge on any atom is -0.317 e. The molecule has 1 aromatic carbocycles. The first-order chi connectivity index (χ1) is 15.4. The molecule has 0 N–H and O–H groups in total. The summed E-state index contributed by atoms with van der Waals surface area (Å²) < 4.78 is 2.33. The smallest absolute Gasteiger partial charge is 0.165 e. The lowest BCUT2D eigenvalue weighted by Crippen LogP contribution is -2.13. The second-order valence-corrected chi connectivity index (χ2v) is 9.57. The fourth-order valence-corrected chi connectivity index (χ4v) is 5.48. The number of carbonyl (C=O) groups excluding carboxylic acids is 1. The van der Waals surface area contributed by atoms with Crippen molar-refractivity contribution < 1.29 is 4.79 Å². The third kappa shape index (κ3) is 3.12. The van der Waals surface area contributed by atoms with Crippen molar-refractivity contribution in [3.8, 4) is 27.9 Å². The van der Waals surface area contributed by atoms with Gasteiger partial charge in [-0.2, -0.15) is 0 Å². The number of benzene rings is 1. The van der Waals surface area contributed by atoms with E-state index in [0.717, 1.165) is 29.7 Å². The van der Waals surface area contributed by atoms with Gasteiger partial charge in [-0.05, 0) is 85.0 Å². The Labute approximate surface area is 191 Å². The molecule has 2 aromatic rings. The van der Waals surface area contributed by atoms with Gasteiger partial charge in [0.05, 0.1) is 0 Å². The number of Topliss-reactive ketones (excluding diaryl/α,β-unsaturated/α-hetero) is 1. The Balaban J connectivity index is 1.84. The van der Waals surface area contributed by atoms with E-state index < -0.39 is 0 Å². The summed E-state index contributed by atoms with van der Waals surface area (Å²) in [6.45, 7) is 11.1. The van der Waals surface area contributed by atoms with E-state index in [9.17, 15) is 4.79 Å². The first-order valence-corrected chi connectivity index (χ1v) is 11.8. The van der Waals surface area contributed by atoms with Gasteiger partial charge in [-0.3, -0.25) is 4.79 Å². The fourth-order valence-electron chi connectivity index (χ4n) is 5.48. The van der Waals surface area contributed by atoms with E-state index in [1.807, 2.05) is 6.07 Å². The van der Waals surface area contributed by atoms with Gasteiger partial charge in [-0.25, -0.2) is 0 Å². The summed E-state index contributed by atoms with van der Waals surface area (Å²) in [5.74, 6) is 0.754. The largest absolute Gasteiger partial charge is 0.317 e. The Morgan fingerprint density at radius 3 is 2.25 bits per heavy atom. The SMILES string of the molecule is Cc1cc(-c2c3c(n(-c4ccccc4)c2C)CCCC3=O)c2c(C)ccc(C(C)C)cc1-2. The molecule has 0 unspecified atom stereocenters. The quantitative estimate of drug-likeness (QED) is 0.330. The van der Waals surface area contributed by atoms with Crippen LogP contribution in [0.5, 0.6) is 0 Å². The molecule has 0 bridgehead atoms. The lowest BCUT2D eigenvalue weighted by atomic mass is 9.89. The molecule has 0 amide bonds. The number of aromatic nitrogens is 1. The molecule has 0 radical (unpaired) electrons. The van der Waals surface area contributed by atoms with Gasteiger partial charge < -0.3 is 4.57 Å². The molecule has 0 fully saturated rings. The molecule has 1 heterocycles. The van der Waals surface area contributed by atoms with Crippen LogP contribution in [-0.4, -0.2) is 10.4 Å². The molecule has 0 spiro atoms. The normalized spacial score (nSPS) is 13.8. The maximum absolute atomic E-state index is 13.3. The Kier molecular flexibility index (Phi) is 5.04. The topological polar surface area (TPSA) is 22.0 Å². The van der Waals surface area contributed by atoms with Crippen molar-refractivity contribution in [2.45, 2.75) is 59.8 Å². The molecule has 0 saturated heterocycles. The Hall–Kier alpha value is -3.13. The zero-order chi connectivity index (χ0) is 22.6. The Morgan fingerprint density at radius 1 is 0.781 bits per heavy atom. The average molecular weight is 422 g/mol. The van der Waals surface area contributed by atoms with Crippen molar-refractivity contribution in [2.24, 2.45) is 0 Å². The van der Waals surface area contributed by atoms with E-state index in [4.69, 9.17) is 0 Å². The van der Waals surface area contributed by atoms with Crippen LogP contribution in [0.4, 0.5) is 0 Å². The van der Waals surface area contributed by atoms with Gasteiger partial charge in [0.1, 0.15) is 0 Å². The maximum Gasteiger partial charge on any atom is 0.165 e. The van der Waals surface area contributed by atoms with Gasteiger partial charge in [0.15, 0.2) is 5.78 Å². The van der Waals surface area contributed by atoms with E-state index in [0.29, 0.717) is 12.3 Å². The van der Waals surface area contributed by atoms with Crippen LogP contribution in [-0.2, 0) is 6.42 Å². The van der Waals surface area contributed by atoms with Crippen LogP contribution >= 0.6 is 0 Å². The molecule has 5 rings (SSSR count). The van der Waals surface area contributed by atoms with Crippen LogP contribution in [0.2, 0.25) is 0 Å². The highest BCUT2D eigenvalue weighted by atomic mass is 16.1. The van der Waals surface area contributed by atoms with E-state index in [-0.39, 0.29) is 5.78 Å². The molecule has 1 aromatic heterocycles. The van der Waals surface area contributed by atoms with Gasteiger partial charge in [0.2, 0.25) is 0 Å². The number of fused-ring (bicyclic) bond motifs is 2. The number of rotatable bonds is 3. The molecule has 162 valence electrons. The van der Waals surface area contributed by atoms with E-state index in [1.54, 1.807) is 0 Å². The third-order valence-electron chi connectivity index (χ3n) is 7.11. The lowest BCUT2D eigenvalue weighted by molar-refractivity contribution is 0.0973. The van der Waals surface area contributed by atoms with E-state index >= 15 is 0 Å². The van der Waals surface area contributed by atoms with Crippen molar-refractivity contribution in [1.82, 2.24) is 4.57 Å². The first-order valence-electron chi connectivity index (χ1n) is 11.8. The standard InChI is InChI=1S/C30H31NO/c1-18(2)22-15-14-19(3)28-24(17-22)20(4)16-25(28)29-21(5)31(23-10-7-6-8-11-23)26-12-9-13-27(32)30(26)29/h6-8,10-11,14-18H,9,12-13H2,1-5H3. The van der Waals surface area contributed by atoms with Crippen molar-refractivity contribution in [3.05, 3.63) is 88.2 Å². The lowest BCUT2D eigenvalue weighted by Gasteiger charge is -2.16. The van der Waals surface area contributed by atoms with Gasteiger partial charge in [0.25, 0.3) is 0 Å². The van der Waals surface area contributed by atoms with Crippen molar-refractivity contribution in [2.75, 3.05) is 0 Å². The minimum absolute atomic E-state index is 0.284. The molecule has 2 nitrogen and oxygen atoms in total. The summed E-state index contributed by atoms with van der Waals surface area (Å²) in [6.07, 6.45) is 2.51. The molecule has 3 aliphatic rings. The summed E-state index contributed by atoms with van der Waals surface area (Å²) in [6, 6.07) is 19.6. The molecule has 0 atom stereocenters. The summed E-state index contributed by atoms with van der Waals surface area (Å²) >= 11 is 0. The minimum atomic E-state index is 0.284. The number of aryl methyl sites for hydroxylation is 2. The molecular formula is C30H31NO. The second kappa shape index (κ2) is 7.78. The third-order valence-corrected chi connectivity index (χ3v) is 7.11. The van der Waals surface area contributed by atoms with Crippen LogP contribution in [0.1, 0.15) is 71.0 Å². The van der Waals surface area contributed by atoms with E-state index in [1.165, 1.54) is 44.8 Å². The second-order valence-electron chi connectivity index (χ2n) is 9.57. The predicted molar refractivity (Wildman–Crippen MR) is 133 cm³/mol. The number of ketones is 1. The zero-order valence-electron chi connectivity index (χ0n) is 19.8. The summed E-state index contributed by atoms with van der Waals surface area (Å²) in [5, 5.41) is 0. The molecule has 2 heteroatoms. The maximum atomic E-state index is 13.3. The van der Waals surface area contributed by atoms with Crippen molar-refractivity contribution >= 4 is 5.78 Å². The fraction of sp³-hybridized carbons (Fsp3) is 0.300. The number of carbonyl (C=O) groups is 1. The summed E-state index contributed by atoms with van der Waals surface area (Å²) in [7, 11) is 0. The number of para-hydroxylation sites is 1. The highest BCUT2D eigenvalue weighted by Crippen LogP contribution is 2.46. The monoisotopic (exact) mass is 421 g/mol. The molecule has 0 saturated carbocycles. The molecule has 32 heavy (non-hydrogen) atoms. The average Bonchev–Trinajstić information content (AvgIpc) is 3.17. The zero-order valence-corrected chi connectivity index (χ0v) is 19.8. The van der Waals surface area contributed by atoms with Crippen LogP contribution in [0.25, 0.3) is 27.9 Å². The molecule has 3 aliphatic carbocycles. The first kappa shape index (κ1) is 20.8. The highest BCUT2D eigenvalue weighted by molar-refractivity contribution is 6.08. The molecular weight excluding hydrogens is 390 g/mol. The van der Waals surface area contributed by atoms with Crippen molar-refractivity contribution in [3.63, 3.8) is 0 Å². The Bertz CT molecular complexity index is 1310. The van der Waals surface area contributed by atoms with Gasteiger partial charge >= 0.3 is 0 Å². The van der Waals surface area contributed by atoms with Gasteiger partial charge in [-0.15, -0.1) is 0 Å². The summed E-state index contributed by atoms with van der Waals surface area (Å²) in [4.78, 5) is 13.3. The van der Waals surface area contributed by atoms with Crippen LogP contribution < -0.4 is 0 Å². The predicted octanol–water partition coefficient (Wildman–Crippen LogP) is 7.82. The van der Waals surface area contributed by atoms with Crippen molar-refractivity contribution in [1.29, 1.82) is 0 Å². The number of hydrogen-bond acceptors (Lipinski definition) is 1. The number of hydrogen-bond donors (Lipinski definition) is 0. The highest BCUT2D eigenvalue weighted by Gasteiger charge is 2.31. The van der Waals surface area contributed by atoms with Crippen LogP contribution in [0.15, 0.2) is 54.6 Å². The number of nitrogens with zero attached hydrogens (tertiary/aromatic N) is 1. The van der Waals surface area contributed by atoms with Crippen LogP contribution in [0, 0.1) is 20.8 Å². The van der Waals surface area contributed by atoms with Crippen LogP contribution in [0.3, 0.4) is 0 Å². The van der Waals surface area contributed by atoms with E-state index in [2.05, 4.69) is 87.7 Å². The molecule has 0 aliphatic heterocycles. The van der Waals surface area contributed by atoms with Gasteiger partial charge in [0, 0.05) is 34.6 Å². The Morgan fingerprint density at radius 2 is 1.53 bits per heavy atom.